The number of hydrogen-bond donors (Lipinski definition) is 1. The summed E-state index contributed by atoms with van der Waals surface area (Å²) in [5.74, 6) is 0.162. The van der Waals surface area contributed by atoms with Crippen molar-refractivity contribution in [1.29, 1.82) is 0 Å². The van der Waals surface area contributed by atoms with Gasteiger partial charge in [0.2, 0.25) is 0 Å². The second kappa shape index (κ2) is 7.39. The highest BCUT2D eigenvalue weighted by Crippen LogP contribution is 2.51. The van der Waals surface area contributed by atoms with E-state index in [-0.39, 0.29) is 11.3 Å². The highest BCUT2D eigenvalue weighted by atomic mass is 19.4. The Labute approximate surface area is 140 Å². The summed E-state index contributed by atoms with van der Waals surface area (Å²) in [6, 6.07) is 4.94. The number of halogens is 7. The summed E-state index contributed by atoms with van der Waals surface area (Å²) in [5.41, 5.74) is -8.57. The van der Waals surface area contributed by atoms with E-state index >= 15 is 0 Å². The molecule has 1 unspecified atom stereocenters. The van der Waals surface area contributed by atoms with Crippen LogP contribution in [0.15, 0.2) is 24.3 Å². The maximum absolute atomic E-state index is 13.9. The third-order valence-electron chi connectivity index (χ3n) is 3.71. The summed E-state index contributed by atoms with van der Waals surface area (Å²) in [5, 5.41) is 10.1. The van der Waals surface area contributed by atoms with Crippen molar-refractivity contribution in [1.82, 2.24) is 0 Å². The zero-order chi connectivity index (χ0) is 19.5. The van der Waals surface area contributed by atoms with Gasteiger partial charge in [-0.05, 0) is 31.0 Å². The summed E-state index contributed by atoms with van der Waals surface area (Å²) >= 11 is 0. The molecular weight excluding hydrogens is 357 g/mol. The molecule has 0 aromatic heterocycles. The van der Waals surface area contributed by atoms with Crippen molar-refractivity contribution in [2.45, 2.75) is 56.7 Å². The molecule has 2 nitrogen and oxygen atoms in total. The Morgan fingerprint density at radius 1 is 1.00 bits per heavy atom. The molecule has 1 aromatic rings. The van der Waals surface area contributed by atoms with Crippen LogP contribution in [0.3, 0.4) is 0 Å². The van der Waals surface area contributed by atoms with Crippen molar-refractivity contribution >= 4 is 0 Å². The molecule has 25 heavy (non-hydrogen) atoms. The fourth-order valence-electron chi connectivity index (χ4n) is 2.19. The van der Waals surface area contributed by atoms with Crippen molar-refractivity contribution in [3.8, 4) is 5.75 Å². The Morgan fingerprint density at radius 2 is 1.56 bits per heavy atom. The Kier molecular flexibility index (Phi) is 6.36. The average molecular weight is 376 g/mol. The molecule has 1 aromatic carbocycles. The minimum Gasteiger partial charge on any atom is -0.494 e. The van der Waals surface area contributed by atoms with Crippen LogP contribution in [0, 0.1) is 0 Å². The van der Waals surface area contributed by atoms with Gasteiger partial charge in [0, 0.05) is 6.42 Å². The molecule has 0 heterocycles. The van der Waals surface area contributed by atoms with Crippen molar-refractivity contribution in [3.63, 3.8) is 0 Å². The molecule has 0 spiro atoms. The molecule has 0 bridgehead atoms. The van der Waals surface area contributed by atoms with Gasteiger partial charge in [-0.3, -0.25) is 0 Å². The highest BCUT2D eigenvalue weighted by Gasteiger charge is 2.73. The highest BCUT2D eigenvalue weighted by molar-refractivity contribution is 5.32. The van der Waals surface area contributed by atoms with Crippen LogP contribution in [0.2, 0.25) is 0 Å². The van der Waals surface area contributed by atoms with E-state index < -0.39 is 30.0 Å². The normalized spacial score (nSPS) is 15.8. The first-order valence-corrected chi connectivity index (χ1v) is 7.52. The second-order valence-corrected chi connectivity index (χ2v) is 5.98. The number of unbranched alkanes of at least 4 members (excludes halogenated alkanes) is 1. The minimum atomic E-state index is -6.22. The molecular formula is C16H19F7O2. The summed E-state index contributed by atoms with van der Waals surface area (Å²) < 4.78 is 95.4. The van der Waals surface area contributed by atoms with E-state index in [1.807, 2.05) is 6.92 Å². The third kappa shape index (κ3) is 4.99. The zero-order valence-corrected chi connectivity index (χ0v) is 13.6. The number of benzene rings is 1. The van der Waals surface area contributed by atoms with Gasteiger partial charge < -0.3 is 9.84 Å². The summed E-state index contributed by atoms with van der Waals surface area (Å²) in [6.07, 6.45) is -13.1. The average Bonchev–Trinajstić information content (AvgIpc) is 2.45. The molecule has 0 saturated heterocycles. The molecule has 1 rings (SSSR count). The molecule has 0 aliphatic rings. The fourth-order valence-corrected chi connectivity index (χ4v) is 2.19. The van der Waals surface area contributed by atoms with Crippen molar-refractivity contribution < 1.29 is 40.6 Å². The summed E-state index contributed by atoms with van der Waals surface area (Å²) in [4.78, 5) is 0. The fraction of sp³-hybridized carbons (Fsp3) is 0.625. The SMILES string of the molecule is CCCCOc1cccc(C(C)(O)CC(F)(C(F)(F)F)C(F)(F)F)c1. The molecule has 1 N–H and O–H groups in total. The molecule has 0 amide bonds. The van der Waals surface area contributed by atoms with Gasteiger partial charge in [-0.25, -0.2) is 4.39 Å². The number of hydrogen-bond acceptors (Lipinski definition) is 2. The number of rotatable bonds is 7. The topological polar surface area (TPSA) is 29.5 Å². The third-order valence-corrected chi connectivity index (χ3v) is 3.71. The molecule has 0 radical (unpaired) electrons. The number of ether oxygens (including phenoxy) is 1. The van der Waals surface area contributed by atoms with Gasteiger partial charge >= 0.3 is 18.0 Å². The van der Waals surface area contributed by atoms with Crippen LogP contribution < -0.4 is 4.74 Å². The van der Waals surface area contributed by atoms with Crippen LogP contribution in [0.5, 0.6) is 5.75 Å². The predicted octanol–water partition coefficient (Wildman–Crippen LogP) is 5.30. The lowest BCUT2D eigenvalue weighted by Gasteiger charge is -2.36. The lowest BCUT2D eigenvalue weighted by molar-refractivity contribution is -0.352. The summed E-state index contributed by atoms with van der Waals surface area (Å²) in [6.45, 7) is 2.89. The second-order valence-electron chi connectivity index (χ2n) is 5.98. The van der Waals surface area contributed by atoms with Gasteiger partial charge in [-0.1, -0.05) is 25.5 Å². The maximum Gasteiger partial charge on any atom is 0.431 e. The van der Waals surface area contributed by atoms with E-state index in [1.54, 1.807) is 0 Å². The van der Waals surface area contributed by atoms with E-state index in [2.05, 4.69) is 0 Å². The molecule has 0 fully saturated rings. The monoisotopic (exact) mass is 376 g/mol. The molecule has 0 aliphatic carbocycles. The van der Waals surface area contributed by atoms with Crippen LogP contribution in [-0.2, 0) is 5.60 Å². The zero-order valence-electron chi connectivity index (χ0n) is 13.6. The van der Waals surface area contributed by atoms with E-state index in [4.69, 9.17) is 4.74 Å². The number of alkyl halides is 7. The first-order chi connectivity index (χ1) is 11.2. The Balaban J connectivity index is 3.13. The van der Waals surface area contributed by atoms with Gasteiger partial charge in [0.05, 0.1) is 12.2 Å². The maximum atomic E-state index is 13.9. The van der Waals surface area contributed by atoms with Gasteiger partial charge in [-0.15, -0.1) is 0 Å². The lowest BCUT2D eigenvalue weighted by Crippen LogP contribution is -2.56. The Hall–Kier alpha value is -1.51. The molecule has 0 saturated carbocycles. The molecule has 0 aliphatic heterocycles. The number of aliphatic hydroxyl groups is 1. The molecule has 1 atom stereocenters. The van der Waals surface area contributed by atoms with Crippen LogP contribution in [-0.4, -0.2) is 29.7 Å². The van der Waals surface area contributed by atoms with Crippen LogP contribution >= 0.6 is 0 Å². The van der Waals surface area contributed by atoms with E-state index in [0.29, 0.717) is 20.0 Å². The van der Waals surface area contributed by atoms with Crippen molar-refractivity contribution in [2.75, 3.05) is 6.61 Å². The van der Waals surface area contributed by atoms with E-state index in [1.165, 1.54) is 12.1 Å². The van der Waals surface area contributed by atoms with Crippen LogP contribution in [0.4, 0.5) is 30.7 Å². The summed E-state index contributed by atoms with van der Waals surface area (Å²) in [7, 11) is 0. The largest absolute Gasteiger partial charge is 0.494 e. The smallest absolute Gasteiger partial charge is 0.431 e. The van der Waals surface area contributed by atoms with Gasteiger partial charge in [0.15, 0.2) is 0 Å². The minimum absolute atomic E-state index is 0.162. The quantitative estimate of drug-likeness (QED) is 0.517. The molecule has 144 valence electrons. The van der Waals surface area contributed by atoms with E-state index in [0.717, 1.165) is 18.6 Å². The standard InChI is InChI=1S/C16H19F7O2/c1-3-4-8-25-12-7-5-6-11(9-12)13(2,24)10-14(17,15(18,19)20)16(21,22)23/h5-7,9,24H,3-4,8,10H2,1-2H3. The lowest BCUT2D eigenvalue weighted by atomic mass is 9.83. The first kappa shape index (κ1) is 21.5. The van der Waals surface area contributed by atoms with Gasteiger partial charge in [0.25, 0.3) is 0 Å². The van der Waals surface area contributed by atoms with Crippen LogP contribution in [0.1, 0.15) is 38.7 Å². The predicted molar refractivity (Wildman–Crippen MR) is 77.0 cm³/mol. The van der Waals surface area contributed by atoms with Crippen LogP contribution in [0.25, 0.3) is 0 Å². The molecule has 9 heteroatoms. The van der Waals surface area contributed by atoms with Crippen molar-refractivity contribution in [2.24, 2.45) is 0 Å². The van der Waals surface area contributed by atoms with Gasteiger partial charge in [0.1, 0.15) is 5.75 Å². The van der Waals surface area contributed by atoms with E-state index in [9.17, 15) is 35.8 Å². The first-order valence-electron chi connectivity index (χ1n) is 7.52. The van der Waals surface area contributed by atoms with Gasteiger partial charge in [-0.2, -0.15) is 26.3 Å². The van der Waals surface area contributed by atoms with Crippen molar-refractivity contribution in [3.05, 3.63) is 29.8 Å². The Bertz CT molecular complexity index is 550. The Morgan fingerprint density at radius 3 is 2.04 bits per heavy atom.